The highest BCUT2D eigenvalue weighted by atomic mass is 16.5. The van der Waals surface area contributed by atoms with E-state index in [-0.39, 0.29) is 19.0 Å². The van der Waals surface area contributed by atoms with Crippen LogP contribution in [0.1, 0.15) is 49.3 Å². The molecule has 1 aromatic heterocycles. The van der Waals surface area contributed by atoms with Crippen molar-refractivity contribution < 1.29 is 23.5 Å². The van der Waals surface area contributed by atoms with Crippen LogP contribution in [0.3, 0.4) is 0 Å². The quantitative estimate of drug-likeness (QED) is 0.200. The van der Waals surface area contributed by atoms with Crippen molar-refractivity contribution in [3.63, 3.8) is 0 Å². The molecular formula is C26H29NO6. The van der Waals surface area contributed by atoms with Crippen molar-refractivity contribution in [1.29, 1.82) is 0 Å². The highest BCUT2D eigenvalue weighted by Crippen LogP contribution is 2.29. The molecule has 1 N–H and O–H groups in total. The second kappa shape index (κ2) is 11.9. The molecule has 0 atom stereocenters. The second-order valence-electron chi connectivity index (χ2n) is 7.78. The van der Waals surface area contributed by atoms with Crippen molar-refractivity contribution in [2.45, 2.75) is 52.6 Å². The minimum Gasteiger partial charge on any atom is -0.445 e. The van der Waals surface area contributed by atoms with E-state index in [1.807, 2.05) is 43.3 Å². The normalized spacial score (nSPS) is 10.7. The van der Waals surface area contributed by atoms with E-state index in [2.05, 4.69) is 5.32 Å². The molecule has 0 unspecified atom stereocenters. The van der Waals surface area contributed by atoms with Gasteiger partial charge in [-0.1, -0.05) is 43.7 Å². The molecule has 0 aliphatic heterocycles. The molecule has 7 nitrogen and oxygen atoms in total. The molecule has 2 aromatic carbocycles. The van der Waals surface area contributed by atoms with Crippen molar-refractivity contribution >= 4 is 23.0 Å². The van der Waals surface area contributed by atoms with Crippen LogP contribution in [0.5, 0.6) is 5.75 Å². The number of unbranched alkanes of at least 4 members (excludes halogenated alkanes) is 2. The molecule has 174 valence electrons. The molecule has 0 bridgehead atoms. The van der Waals surface area contributed by atoms with Gasteiger partial charge in [-0.15, -0.1) is 0 Å². The Morgan fingerprint density at radius 2 is 1.82 bits per heavy atom. The topological polar surface area (TPSA) is 94.8 Å². The summed E-state index contributed by atoms with van der Waals surface area (Å²) >= 11 is 0. The van der Waals surface area contributed by atoms with Gasteiger partial charge in [-0.05, 0) is 49.4 Å². The summed E-state index contributed by atoms with van der Waals surface area (Å²) in [5.74, 6) is 0.0494. The number of hydrogen-bond donors (Lipinski definition) is 1. The first-order valence-corrected chi connectivity index (χ1v) is 11.2. The Bertz CT molecular complexity index is 1150. The molecule has 0 fully saturated rings. The van der Waals surface area contributed by atoms with Crippen molar-refractivity contribution in [3.8, 4) is 5.75 Å². The highest BCUT2D eigenvalue weighted by molar-refractivity contribution is 5.86. The minimum atomic E-state index is -0.456. The zero-order valence-corrected chi connectivity index (χ0v) is 19.0. The molecule has 7 heteroatoms. The lowest BCUT2D eigenvalue weighted by Gasteiger charge is -2.11. The number of fused-ring (bicyclic) bond motifs is 1. The van der Waals surface area contributed by atoms with Crippen molar-refractivity contribution in [3.05, 3.63) is 75.6 Å². The summed E-state index contributed by atoms with van der Waals surface area (Å²) in [7, 11) is 0. The number of hydrogen-bond acceptors (Lipinski definition) is 6. The van der Waals surface area contributed by atoms with Gasteiger partial charge in [0, 0.05) is 30.0 Å². The zero-order chi connectivity index (χ0) is 23.6. The van der Waals surface area contributed by atoms with Crippen LogP contribution in [0.2, 0.25) is 0 Å². The van der Waals surface area contributed by atoms with Crippen molar-refractivity contribution in [1.82, 2.24) is 5.32 Å². The first-order valence-electron chi connectivity index (χ1n) is 11.2. The third-order valence-corrected chi connectivity index (χ3v) is 5.34. The molecule has 0 aliphatic rings. The fourth-order valence-corrected chi connectivity index (χ4v) is 3.52. The van der Waals surface area contributed by atoms with Crippen molar-refractivity contribution in [2.24, 2.45) is 0 Å². The van der Waals surface area contributed by atoms with Crippen LogP contribution in [-0.2, 0) is 22.6 Å². The van der Waals surface area contributed by atoms with Crippen LogP contribution in [-0.4, -0.2) is 18.6 Å². The summed E-state index contributed by atoms with van der Waals surface area (Å²) in [6.45, 7) is 4.46. The van der Waals surface area contributed by atoms with Crippen LogP contribution in [0.4, 0.5) is 4.79 Å². The summed E-state index contributed by atoms with van der Waals surface area (Å²) < 4.78 is 16.0. The van der Waals surface area contributed by atoms with Gasteiger partial charge >= 0.3 is 17.7 Å². The second-order valence-corrected chi connectivity index (χ2v) is 7.78. The van der Waals surface area contributed by atoms with E-state index in [1.165, 1.54) is 6.07 Å². The zero-order valence-electron chi connectivity index (χ0n) is 19.0. The number of benzene rings is 2. The molecule has 0 saturated heterocycles. The van der Waals surface area contributed by atoms with E-state index in [0.717, 1.165) is 29.4 Å². The van der Waals surface area contributed by atoms with Gasteiger partial charge in [0.15, 0.2) is 0 Å². The highest BCUT2D eigenvalue weighted by Gasteiger charge is 2.14. The molecule has 0 spiro atoms. The number of ether oxygens (including phenoxy) is 2. The van der Waals surface area contributed by atoms with E-state index in [1.54, 1.807) is 13.0 Å². The average molecular weight is 452 g/mol. The Balaban J connectivity index is 1.37. The van der Waals surface area contributed by atoms with Crippen LogP contribution < -0.4 is 15.7 Å². The van der Waals surface area contributed by atoms with Gasteiger partial charge in [0.2, 0.25) is 0 Å². The first kappa shape index (κ1) is 24.0. The maximum atomic E-state index is 12.2. The smallest absolute Gasteiger partial charge is 0.407 e. The molecule has 1 heterocycles. The minimum absolute atomic E-state index is 0.232. The van der Waals surface area contributed by atoms with Crippen LogP contribution in [0, 0.1) is 6.92 Å². The Morgan fingerprint density at radius 1 is 1.03 bits per heavy atom. The number of alkyl carbamates (subject to hydrolysis) is 1. The van der Waals surface area contributed by atoms with Gasteiger partial charge in [0.1, 0.15) is 17.9 Å². The molecule has 3 aromatic rings. The van der Waals surface area contributed by atoms with E-state index >= 15 is 0 Å². The van der Waals surface area contributed by atoms with Crippen LogP contribution >= 0.6 is 0 Å². The predicted octanol–water partition coefficient (Wildman–Crippen LogP) is 5.06. The van der Waals surface area contributed by atoms with Crippen LogP contribution in [0.15, 0.2) is 57.7 Å². The Kier molecular flexibility index (Phi) is 8.63. The number of amides is 1. The molecule has 0 saturated carbocycles. The van der Waals surface area contributed by atoms with Gasteiger partial charge < -0.3 is 19.2 Å². The SMILES string of the molecule is CCc1cc(=O)oc2c(C)c(OC(=O)CCCCCNC(=O)OCc3ccccc3)ccc12. The molecule has 1 amide bonds. The maximum Gasteiger partial charge on any atom is 0.407 e. The van der Waals surface area contributed by atoms with E-state index < -0.39 is 11.7 Å². The number of aryl methyl sites for hydroxylation is 2. The summed E-state index contributed by atoms with van der Waals surface area (Å²) in [5, 5.41) is 3.56. The monoisotopic (exact) mass is 451 g/mol. The predicted molar refractivity (Wildman–Crippen MR) is 125 cm³/mol. The lowest BCUT2D eigenvalue weighted by Crippen LogP contribution is -2.25. The lowest BCUT2D eigenvalue weighted by molar-refractivity contribution is -0.134. The third-order valence-electron chi connectivity index (χ3n) is 5.34. The molecule has 0 radical (unpaired) electrons. The Morgan fingerprint density at radius 3 is 2.58 bits per heavy atom. The van der Waals surface area contributed by atoms with Gasteiger partial charge in [-0.3, -0.25) is 4.79 Å². The molecular weight excluding hydrogens is 422 g/mol. The fraction of sp³-hybridized carbons (Fsp3) is 0.346. The Labute approximate surface area is 192 Å². The molecule has 3 rings (SSSR count). The summed E-state index contributed by atoms with van der Waals surface area (Å²) in [5.41, 5.74) is 2.50. The fourth-order valence-electron chi connectivity index (χ4n) is 3.52. The largest absolute Gasteiger partial charge is 0.445 e. The maximum absolute atomic E-state index is 12.2. The number of esters is 1. The number of carbonyl (C=O) groups excluding carboxylic acids is 2. The van der Waals surface area contributed by atoms with Crippen LogP contribution in [0.25, 0.3) is 11.0 Å². The van der Waals surface area contributed by atoms with Gasteiger partial charge in [-0.2, -0.15) is 0 Å². The summed E-state index contributed by atoms with van der Waals surface area (Å²) in [4.78, 5) is 35.8. The number of carbonyl (C=O) groups is 2. The molecule has 0 aliphatic carbocycles. The van der Waals surface area contributed by atoms with E-state index in [4.69, 9.17) is 13.9 Å². The summed E-state index contributed by atoms with van der Waals surface area (Å²) in [6, 6.07) is 14.5. The van der Waals surface area contributed by atoms with Gasteiger partial charge in [0.25, 0.3) is 0 Å². The van der Waals surface area contributed by atoms with E-state index in [0.29, 0.717) is 36.3 Å². The van der Waals surface area contributed by atoms with Crippen molar-refractivity contribution in [2.75, 3.05) is 6.54 Å². The Hall–Kier alpha value is -3.61. The number of rotatable bonds is 10. The van der Waals surface area contributed by atoms with Gasteiger partial charge in [0.05, 0.1) is 0 Å². The lowest BCUT2D eigenvalue weighted by atomic mass is 10.0. The van der Waals surface area contributed by atoms with Gasteiger partial charge in [-0.25, -0.2) is 9.59 Å². The average Bonchev–Trinajstić information content (AvgIpc) is 2.82. The number of nitrogens with one attached hydrogen (secondary N) is 1. The first-order chi connectivity index (χ1) is 16.0. The third kappa shape index (κ3) is 6.94. The molecule has 33 heavy (non-hydrogen) atoms. The standard InChI is InChI=1S/C26H29NO6/c1-3-20-16-24(29)33-25-18(2)22(14-13-21(20)25)32-23(28)12-8-5-9-15-27-26(30)31-17-19-10-6-4-7-11-19/h4,6-7,10-11,13-14,16H,3,5,8-9,12,15,17H2,1-2H3,(H,27,30). The summed E-state index contributed by atoms with van der Waals surface area (Å²) in [6.07, 6.45) is 2.65. The van der Waals surface area contributed by atoms with E-state index in [9.17, 15) is 14.4 Å².